The number of carbonyl (C=O) groups is 2. The van der Waals surface area contributed by atoms with E-state index in [0.29, 0.717) is 40.4 Å². The number of aromatic amines is 2. The molecule has 0 radical (unpaired) electrons. The second-order valence-corrected chi connectivity index (χ2v) is 8.63. The van der Waals surface area contributed by atoms with Gasteiger partial charge in [-0.2, -0.15) is 5.26 Å². The van der Waals surface area contributed by atoms with E-state index in [-0.39, 0.29) is 17.4 Å². The van der Waals surface area contributed by atoms with Gasteiger partial charge >= 0.3 is 5.76 Å². The van der Waals surface area contributed by atoms with Crippen molar-refractivity contribution in [1.82, 2.24) is 15.1 Å². The second-order valence-electron chi connectivity index (χ2n) is 8.63. The van der Waals surface area contributed by atoms with Crippen molar-refractivity contribution in [2.24, 2.45) is 5.92 Å². The van der Waals surface area contributed by atoms with Gasteiger partial charge in [-0.25, -0.2) is 4.79 Å². The molecule has 2 amide bonds. The topological polar surface area (TPSA) is 157 Å². The normalized spacial score (nSPS) is 13.6. The third-order valence-electron chi connectivity index (χ3n) is 6.22. The fraction of sp³-hybridized carbons (Fsp3) is 0.240. The van der Waals surface area contributed by atoms with E-state index in [1.807, 2.05) is 18.2 Å². The van der Waals surface area contributed by atoms with Crippen molar-refractivity contribution in [2.45, 2.75) is 32.1 Å². The van der Waals surface area contributed by atoms with Gasteiger partial charge in [-0.1, -0.05) is 30.1 Å². The number of fused-ring (bicyclic) bond motifs is 1. The smallest absolute Gasteiger partial charge is 0.349 e. The lowest BCUT2D eigenvalue weighted by atomic mass is 10.0. The first-order valence-corrected chi connectivity index (χ1v) is 11.3. The predicted molar refractivity (Wildman–Crippen MR) is 129 cm³/mol. The first-order chi connectivity index (χ1) is 17.0. The maximum Gasteiger partial charge on any atom is 0.439 e. The molecule has 1 aliphatic carbocycles. The van der Waals surface area contributed by atoms with Gasteiger partial charge in [-0.05, 0) is 49.1 Å². The Bertz CT molecular complexity index is 1520. The highest BCUT2D eigenvalue weighted by molar-refractivity contribution is 6.09. The molecule has 0 bridgehead atoms. The van der Waals surface area contributed by atoms with Gasteiger partial charge in [-0.15, -0.1) is 0 Å². The number of nitriles is 1. The van der Waals surface area contributed by atoms with Crippen molar-refractivity contribution in [1.29, 1.82) is 5.26 Å². The summed E-state index contributed by atoms with van der Waals surface area (Å²) in [6.07, 6.45) is 5.02. The van der Waals surface area contributed by atoms with E-state index >= 15 is 0 Å². The number of para-hydroxylation sites is 1. The van der Waals surface area contributed by atoms with Crippen LogP contribution < -0.4 is 16.4 Å². The number of anilines is 2. The third kappa shape index (κ3) is 4.70. The minimum Gasteiger partial charge on any atom is -0.349 e. The summed E-state index contributed by atoms with van der Waals surface area (Å²) in [7, 11) is 0. The van der Waals surface area contributed by atoms with Gasteiger partial charge in [0.25, 0.3) is 5.91 Å². The Kier molecular flexibility index (Phi) is 5.89. The number of rotatable bonds is 6. The molecule has 5 rings (SSSR count). The van der Waals surface area contributed by atoms with Gasteiger partial charge in [-0.3, -0.25) is 19.1 Å². The van der Waals surface area contributed by atoms with E-state index < -0.39 is 11.7 Å². The Morgan fingerprint density at radius 1 is 1.09 bits per heavy atom. The van der Waals surface area contributed by atoms with Crippen LogP contribution in [0.4, 0.5) is 11.4 Å². The fourth-order valence-corrected chi connectivity index (χ4v) is 4.51. The van der Waals surface area contributed by atoms with Crippen LogP contribution in [0.15, 0.2) is 51.8 Å². The van der Waals surface area contributed by atoms with Crippen LogP contribution in [0.3, 0.4) is 0 Å². The van der Waals surface area contributed by atoms with Crippen molar-refractivity contribution in [3.8, 4) is 17.5 Å². The molecule has 0 spiro atoms. The van der Waals surface area contributed by atoms with Crippen LogP contribution in [0.1, 0.15) is 48.2 Å². The Balaban J connectivity index is 1.39. The molecular weight excluding hydrogens is 448 g/mol. The van der Waals surface area contributed by atoms with E-state index in [0.717, 1.165) is 18.2 Å². The van der Waals surface area contributed by atoms with Gasteiger partial charge < -0.3 is 15.6 Å². The minimum atomic E-state index is -0.752. The van der Waals surface area contributed by atoms with E-state index in [2.05, 4.69) is 30.3 Å². The number of nitrogens with zero attached hydrogens (tertiary/aromatic N) is 2. The van der Waals surface area contributed by atoms with Crippen LogP contribution in [0.25, 0.3) is 22.3 Å². The van der Waals surface area contributed by atoms with Crippen LogP contribution in [0.5, 0.6) is 0 Å². The standard InChI is InChI=1S/C25H22N6O4/c26-13-15-8-9-18(17(10-15)23-30-25(34)35-31-23)29-24(33)20-12-16-6-3-7-19(22(16)28-20)27-21(32)11-14-4-1-2-5-14/h3,6-10,12,14,28H,1-2,4-5,11H2,(H,27,32)(H,29,33)(H,30,31,34). The van der Waals surface area contributed by atoms with Crippen LogP contribution in [-0.4, -0.2) is 26.9 Å². The monoisotopic (exact) mass is 470 g/mol. The molecule has 0 aliphatic heterocycles. The molecule has 176 valence electrons. The lowest BCUT2D eigenvalue weighted by Gasteiger charge is -2.10. The summed E-state index contributed by atoms with van der Waals surface area (Å²) in [5.41, 5.74) is 2.54. The number of benzene rings is 2. The van der Waals surface area contributed by atoms with Crippen molar-refractivity contribution in [2.75, 3.05) is 10.6 Å². The van der Waals surface area contributed by atoms with Gasteiger partial charge in [0, 0.05) is 17.4 Å². The van der Waals surface area contributed by atoms with Crippen LogP contribution >= 0.6 is 0 Å². The lowest BCUT2D eigenvalue weighted by Crippen LogP contribution is -2.15. The molecule has 0 saturated heterocycles. The lowest BCUT2D eigenvalue weighted by molar-refractivity contribution is -0.117. The van der Waals surface area contributed by atoms with E-state index in [4.69, 9.17) is 0 Å². The molecule has 35 heavy (non-hydrogen) atoms. The van der Waals surface area contributed by atoms with Crippen LogP contribution in [0, 0.1) is 17.2 Å². The van der Waals surface area contributed by atoms with Gasteiger partial charge in [0.1, 0.15) is 5.69 Å². The second kappa shape index (κ2) is 9.30. The quantitative estimate of drug-likeness (QED) is 0.331. The minimum absolute atomic E-state index is 0.0335. The summed E-state index contributed by atoms with van der Waals surface area (Å²) < 4.78 is 4.57. The summed E-state index contributed by atoms with van der Waals surface area (Å²) in [4.78, 5) is 42.6. The predicted octanol–water partition coefficient (Wildman–Crippen LogP) is 4.15. The number of nitrogens with one attached hydrogen (secondary N) is 4. The van der Waals surface area contributed by atoms with Crippen molar-refractivity contribution < 1.29 is 14.1 Å². The van der Waals surface area contributed by atoms with Gasteiger partial charge in [0.05, 0.1) is 28.5 Å². The highest BCUT2D eigenvalue weighted by Gasteiger charge is 2.20. The van der Waals surface area contributed by atoms with Crippen molar-refractivity contribution >= 4 is 34.1 Å². The first kappa shape index (κ1) is 22.2. The highest BCUT2D eigenvalue weighted by atomic mass is 16.5. The molecular formula is C25H22N6O4. The molecule has 1 saturated carbocycles. The highest BCUT2D eigenvalue weighted by Crippen LogP contribution is 2.30. The summed E-state index contributed by atoms with van der Waals surface area (Å²) >= 11 is 0. The molecule has 2 aromatic heterocycles. The number of H-pyrrole nitrogens is 2. The van der Waals surface area contributed by atoms with E-state index in [1.165, 1.54) is 18.9 Å². The number of aromatic nitrogens is 3. The SMILES string of the molecule is N#Cc1ccc(NC(=O)c2cc3cccc(NC(=O)CC4CCCC4)c3[nH]2)c(-c2noc(=O)[nH]2)c1. The molecule has 4 N–H and O–H groups in total. The molecule has 2 aromatic carbocycles. The molecule has 0 unspecified atom stereocenters. The summed E-state index contributed by atoms with van der Waals surface area (Å²) in [6.45, 7) is 0. The number of hydrogen-bond donors (Lipinski definition) is 4. The summed E-state index contributed by atoms with van der Waals surface area (Å²) in [5, 5.41) is 19.4. The van der Waals surface area contributed by atoms with Crippen LogP contribution in [0.2, 0.25) is 0 Å². The fourth-order valence-electron chi connectivity index (χ4n) is 4.51. The van der Waals surface area contributed by atoms with Gasteiger partial charge in [0.15, 0.2) is 5.82 Å². The third-order valence-corrected chi connectivity index (χ3v) is 6.22. The molecule has 2 heterocycles. The molecule has 10 nitrogen and oxygen atoms in total. The van der Waals surface area contributed by atoms with Gasteiger partial charge in [0.2, 0.25) is 5.91 Å². The number of carbonyl (C=O) groups excluding carboxylic acids is 2. The maximum atomic E-state index is 13.1. The number of amides is 2. The van der Waals surface area contributed by atoms with Crippen molar-refractivity contribution in [3.63, 3.8) is 0 Å². The molecule has 10 heteroatoms. The zero-order chi connectivity index (χ0) is 24.4. The Morgan fingerprint density at radius 2 is 1.91 bits per heavy atom. The van der Waals surface area contributed by atoms with E-state index in [1.54, 1.807) is 24.3 Å². The molecule has 4 aromatic rings. The maximum absolute atomic E-state index is 13.1. The number of hydrogen-bond acceptors (Lipinski definition) is 6. The zero-order valence-corrected chi connectivity index (χ0v) is 18.7. The summed E-state index contributed by atoms with van der Waals surface area (Å²) in [6, 6.07) is 13.8. The first-order valence-electron chi connectivity index (χ1n) is 11.3. The average Bonchev–Trinajstić information content (AvgIpc) is 3.60. The largest absolute Gasteiger partial charge is 0.439 e. The molecule has 1 aliphatic rings. The Hall–Kier alpha value is -4.65. The molecule has 0 atom stereocenters. The average molecular weight is 470 g/mol. The Morgan fingerprint density at radius 3 is 2.66 bits per heavy atom. The Labute approximate surface area is 199 Å². The molecule has 1 fully saturated rings. The van der Waals surface area contributed by atoms with Crippen LogP contribution in [-0.2, 0) is 4.79 Å². The van der Waals surface area contributed by atoms with Crippen molar-refractivity contribution in [3.05, 3.63) is 64.3 Å². The van der Waals surface area contributed by atoms with E-state index in [9.17, 15) is 19.6 Å². The zero-order valence-electron chi connectivity index (χ0n) is 18.7. The summed E-state index contributed by atoms with van der Waals surface area (Å²) in [5.74, 6) is -0.709.